The molecule has 1 amide bonds. The van der Waals surface area contributed by atoms with Gasteiger partial charge in [0.25, 0.3) is 0 Å². The van der Waals surface area contributed by atoms with Crippen LogP contribution in [0.15, 0.2) is 0 Å². The Hall–Kier alpha value is -1.10. The summed E-state index contributed by atoms with van der Waals surface area (Å²) in [5, 5.41) is 11.8. The summed E-state index contributed by atoms with van der Waals surface area (Å²) >= 11 is 0. The first-order chi connectivity index (χ1) is 9.52. The summed E-state index contributed by atoms with van der Waals surface area (Å²) in [6.45, 7) is 12.9. The summed E-state index contributed by atoms with van der Waals surface area (Å²) in [6, 6.07) is 0.154. The van der Waals surface area contributed by atoms with Crippen molar-refractivity contribution in [1.29, 1.82) is 0 Å². The van der Waals surface area contributed by atoms with Crippen LogP contribution in [-0.4, -0.2) is 46.6 Å². The number of hydrogen-bond donors (Lipinski definition) is 2. The predicted octanol–water partition coefficient (Wildman–Crippen LogP) is 2.50. The van der Waals surface area contributed by atoms with Crippen LogP contribution in [0, 0.1) is 5.92 Å². The average molecular weight is 300 g/mol. The molecule has 0 aliphatic carbocycles. The molecule has 0 saturated heterocycles. The Morgan fingerprint density at radius 2 is 1.71 bits per heavy atom. The molecule has 0 aliphatic rings. The fraction of sp³-hybridized carbons (Fsp3) is 0.875. The lowest BCUT2D eigenvalue weighted by Crippen LogP contribution is -2.49. The second kappa shape index (κ2) is 9.03. The van der Waals surface area contributed by atoms with Gasteiger partial charge in [-0.05, 0) is 46.5 Å². The molecule has 0 radical (unpaired) electrons. The lowest BCUT2D eigenvalue weighted by Gasteiger charge is -2.35. The molecular formula is C16H32N2O3. The van der Waals surface area contributed by atoms with E-state index in [1.807, 2.05) is 32.6 Å². The van der Waals surface area contributed by atoms with Crippen LogP contribution in [0.3, 0.4) is 0 Å². The Morgan fingerprint density at radius 3 is 2.14 bits per heavy atom. The minimum atomic E-state index is -0.838. The van der Waals surface area contributed by atoms with Gasteiger partial charge < -0.3 is 10.4 Å². The van der Waals surface area contributed by atoms with Gasteiger partial charge >= 0.3 is 5.97 Å². The minimum Gasteiger partial charge on any atom is -0.481 e. The van der Waals surface area contributed by atoms with Gasteiger partial charge in [0, 0.05) is 18.1 Å². The number of carbonyl (C=O) groups is 2. The number of rotatable bonds is 9. The fourth-order valence-electron chi connectivity index (χ4n) is 2.03. The lowest BCUT2D eigenvalue weighted by atomic mass is 10.0. The Morgan fingerprint density at radius 1 is 1.14 bits per heavy atom. The van der Waals surface area contributed by atoms with E-state index in [0.717, 1.165) is 12.8 Å². The largest absolute Gasteiger partial charge is 0.481 e. The van der Waals surface area contributed by atoms with Crippen molar-refractivity contribution in [3.8, 4) is 0 Å². The van der Waals surface area contributed by atoms with Crippen molar-refractivity contribution in [2.24, 2.45) is 5.92 Å². The molecular weight excluding hydrogens is 268 g/mol. The van der Waals surface area contributed by atoms with Crippen LogP contribution in [0.4, 0.5) is 0 Å². The van der Waals surface area contributed by atoms with Crippen molar-refractivity contribution in [2.45, 2.75) is 72.4 Å². The topological polar surface area (TPSA) is 69.6 Å². The lowest BCUT2D eigenvalue weighted by molar-refractivity contribution is -0.138. The Kier molecular flexibility index (Phi) is 8.55. The van der Waals surface area contributed by atoms with Gasteiger partial charge in [-0.1, -0.05) is 13.8 Å². The van der Waals surface area contributed by atoms with Crippen molar-refractivity contribution in [3.63, 3.8) is 0 Å². The smallest absolute Gasteiger partial charge is 0.304 e. The number of hydrogen-bond acceptors (Lipinski definition) is 3. The monoisotopic (exact) mass is 300 g/mol. The first-order valence-electron chi connectivity index (χ1n) is 7.78. The number of carboxylic acid groups (broad SMARTS) is 1. The quantitative estimate of drug-likeness (QED) is 0.686. The molecule has 0 aromatic carbocycles. The van der Waals surface area contributed by atoms with E-state index in [9.17, 15) is 9.59 Å². The highest BCUT2D eigenvalue weighted by Crippen LogP contribution is 2.13. The van der Waals surface area contributed by atoms with Gasteiger partial charge in [-0.15, -0.1) is 0 Å². The SMILES string of the molecule is CC(C)CCC(C)NC(=O)CN(CCC(=O)O)C(C)(C)C. The third-order valence-corrected chi connectivity index (χ3v) is 3.46. The Bertz CT molecular complexity index is 335. The van der Waals surface area contributed by atoms with Crippen LogP contribution in [-0.2, 0) is 9.59 Å². The van der Waals surface area contributed by atoms with Crippen LogP contribution >= 0.6 is 0 Å². The maximum atomic E-state index is 12.1. The molecule has 21 heavy (non-hydrogen) atoms. The zero-order chi connectivity index (χ0) is 16.6. The third kappa shape index (κ3) is 10.3. The number of carbonyl (C=O) groups excluding carboxylic acids is 1. The fourth-order valence-corrected chi connectivity index (χ4v) is 2.03. The van der Waals surface area contributed by atoms with E-state index in [1.165, 1.54) is 0 Å². The first-order valence-corrected chi connectivity index (χ1v) is 7.78. The van der Waals surface area contributed by atoms with Gasteiger partial charge in [0.05, 0.1) is 13.0 Å². The third-order valence-electron chi connectivity index (χ3n) is 3.46. The molecule has 2 N–H and O–H groups in total. The summed E-state index contributed by atoms with van der Waals surface area (Å²) in [5.41, 5.74) is -0.228. The molecule has 0 heterocycles. The summed E-state index contributed by atoms with van der Waals surface area (Å²) in [6.07, 6.45) is 2.10. The molecule has 0 spiro atoms. The molecule has 1 atom stereocenters. The second-order valence-electron chi connectivity index (χ2n) is 7.18. The van der Waals surface area contributed by atoms with Crippen LogP contribution in [0.25, 0.3) is 0 Å². The highest BCUT2D eigenvalue weighted by Gasteiger charge is 2.24. The van der Waals surface area contributed by atoms with E-state index < -0.39 is 5.97 Å². The van der Waals surface area contributed by atoms with E-state index in [0.29, 0.717) is 12.5 Å². The van der Waals surface area contributed by atoms with Gasteiger partial charge in [0.15, 0.2) is 0 Å². The summed E-state index contributed by atoms with van der Waals surface area (Å²) < 4.78 is 0. The molecule has 0 fully saturated rings. The Labute approximate surface area is 129 Å². The number of aliphatic carboxylic acids is 1. The van der Waals surface area contributed by atoms with Gasteiger partial charge in [0.2, 0.25) is 5.91 Å². The summed E-state index contributed by atoms with van der Waals surface area (Å²) in [5.74, 6) is -0.243. The standard InChI is InChI=1S/C16H32N2O3/c1-12(2)7-8-13(3)17-14(19)11-18(16(4,5)6)10-9-15(20)21/h12-13H,7-11H2,1-6H3,(H,17,19)(H,20,21). The molecule has 0 rings (SSSR count). The van der Waals surface area contributed by atoms with E-state index in [1.54, 1.807) is 0 Å². The molecule has 0 aliphatic heterocycles. The second-order valence-corrected chi connectivity index (χ2v) is 7.18. The minimum absolute atomic E-state index is 0.0356. The summed E-state index contributed by atoms with van der Waals surface area (Å²) in [7, 11) is 0. The number of carboxylic acids is 1. The van der Waals surface area contributed by atoms with Crippen LogP contribution < -0.4 is 5.32 Å². The molecule has 5 heteroatoms. The van der Waals surface area contributed by atoms with Crippen LogP contribution in [0.2, 0.25) is 0 Å². The van der Waals surface area contributed by atoms with Crippen molar-refractivity contribution in [1.82, 2.24) is 10.2 Å². The normalized spacial score (nSPS) is 13.5. The van der Waals surface area contributed by atoms with Crippen LogP contribution in [0.5, 0.6) is 0 Å². The molecule has 0 aromatic heterocycles. The molecule has 124 valence electrons. The maximum absolute atomic E-state index is 12.1. The van der Waals surface area contributed by atoms with E-state index in [2.05, 4.69) is 19.2 Å². The average Bonchev–Trinajstić information content (AvgIpc) is 2.30. The van der Waals surface area contributed by atoms with Crippen molar-refractivity contribution < 1.29 is 14.7 Å². The molecule has 5 nitrogen and oxygen atoms in total. The van der Waals surface area contributed by atoms with E-state index >= 15 is 0 Å². The molecule has 0 bridgehead atoms. The highest BCUT2D eigenvalue weighted by atomic mass is 16.4. The van der Waals surface area contributed by atoms with E-state index in [-0.39, 0.29) is 30.5 Å². The zero-order valence-corrected chi connectivity index (χ0v) is 14.4. The van der Waals surface area contributed by atoms with Gasteiger partial charge in [0.1, 0.15) is 0 Å². The number of amides is 1. The van der Waals surface area contributed by atoms with Crippen molar-refractivity contribution in [2.75, 3.05) is 13.1 Å². The molecule has 0 aromatic rings. The van der Waals surface area contributed by atoms with Crippen molar-refractivity contribution >= 4 is 11.9 Å². The predicted molar refractivity (Wildman–Crippen MR) is 85.3 cm³/mol. The molecule has 1 unspecified atom stereocenters. The van der Waals surface area contributed by atoms with Crippen molar-refractivity contribution in [3.05, 3.63) is 0 Å². The Balaban J connectivity index is 4.36. The van der Waals surface area contributed by atoms with Gasteiger partial charge in [-0.3, -0.25) is 14.5 Å². The molecule has 0 saturated carbocycles. The number of nitrogens with zero attached hydrogens (tertiary/aromatic N) is 1. The van der Waals surface area contributed by atoms with Gasteiger partial charge in [-0.25, -0.2) is 0 Å². The highest BCUT2D eigenvalue weighted by molar-refractivity contribution is 5.78. The van der Waals surface area contributed by atoms with Gasteiger partial charge in [-0.2, -0.15) is 0 Å². The van der Waals surface area contributed by atoms with Crippen LogP contribution in [0.1, 0.15) is 60.8 Å². The van der Waals surface area contributed by atoms with E-state index in [4.69, 9.17) is 5.11 Å². The number of nitrogens with one attached hydrogen (secondary N) is 1. The zero-order valence-electron chi connectivity index (χ0n) is 14.4. The summed E-state index contributed by atoms with van der Waals surface area (Å²) in [4.78, 5) is 24.7. The maximum Gasteiger partial charge on any atom is 0.304 e. The first kappa shape index (κ1) is 19.9.